The second kappa shape index (κ2) is 3.71. The van der Waals surface area contributed by atoms with Crippen molar-refractivity contribution in [2.45, 2.75) is 0 Å². The molecule has 3 rings (SSSR count). The van der Waals surface area contributed by atoms with Crippen LogP contribution in [0.25, 0.3) is 22.3 Å². The molecule has 2 aromatic heterocycles. The molecule has 17 heavy (non-hydrogen) atoms. The van der Waals surface area contributed by atoms with Gasteiger partial charge in [-0.15, -0.1) is 0 Å². The molecule has 5 nitrogen and oxygen atoms in total. The Labute approximate surface area is 102 Å². The fourth-order valence-corrected chi connectivity index (χ4v) is 1.89. The molecule has 1 aromatic carbocycles. The second-order valence-corrected chi connectivity index (χ2v) is 3.93. The van der Waals surface area contributed by atoms with Crippen LogP contribution in [0, 0.1) is 0 Å². The average Bonchev–Trinajstić information content (AvgIpc) is 2.82. The quantitative estimate of drug-likeness (QED) is 0.509. The fourth-order valence-electron chi connectivity index (χ4n) is 1.71. The number of nitrogens with zero attached hydrogens (tertiary/aromatic N) is 3. The van der Waals surface area contributed by atoms with Crippen LogP contribution < -0.4 is 5.73 Å². The molecule has 2 heterocycles. The first-order valence-electron chi connectivity index (χ1n) is 4.96. The molecule has 0 fully saturated rings. The average molecular weight is 246 g/mol. The molecule has 0 radical (unpaired) electrons. The van der Waals surface area contributed by atoms with Gasteiger partial charge in [-0.3, -0.25) is 5.10 Å². The topological polar surface area (TPSA) is 80.5 Å². The van der Waals surface area contributed by atoms with E-state index in [-0.39, 0.29) is 5.28 Å². The standard InChI is InChI=1S/C11H8ClN5/c12-11-15-8-2-1-6(13)5-7(8)10(16-11)9-3-4-14-17-9/h1-5H,13H2,(H,14,17). The van der Waals surface area contributed by atoms with Crippen molar-refractivity contribution >= 4 is 28.2 Å². The molecular weight excluding hydrogens is 238 g/mol. The lowest BCUT2D eigenvalue weighted by Gasteiger charge is -2.04. The molecule has 0 saturated carbocycles. The number of hydrogen-bond acceptors (Lipinski definition) is 4. The maximum Gasteiger partial charge on any atom is 0.223 e. The molecule has 0 saturated heterocycles. The molecule has 0 aliphatic heterocycles. The van der Waals surface area contributed by atoms with Crippen molar-refractivity contribution in [3.63, 3.8) is 0 Å². The molecule has 84 valence electrons. The van der Waals surface area contributed by atoms with Gasteiger partial charge in [0.2, 0.25) is 5.28 Å². The minimum Gasteiger partial charge on any atom is -0.399 e. The zero-order valence-electron chi connectivity index (χ0n) is 8.68. The van der Waals surface area contributed by atoms with Gasteiger partial charge in [-0.2, -0.15) is 5.10 Å². The van der Waals surface area contributed by atoms with Gasteiger partial charge < -0.3 is 5.73 Å². The van der Waals surface area contributed by atoms with E-state index in [4.69, 9.17) is 17.3 Å². The molecule has 0 spiro atoms. The number of aromatic amines is 1. The summed E-state index contributed by atoms with van der Waals surface area (Å²) in [5.74, 6) is 0. The summed E-state index contributed by atoms with van der Waals surface area (Å²) in [6.45, 7) is 0. The van der Waals surface area contributed by atoms with Crippen LogP contribution in [0.1, 0.15) is 0 Å². The van der Waals surface area contributed by atoms with Gasteiger partial charge in [0, 0.05) is 17.3 Å². The lowest BCUT2D eigenvalue weighted by Crippen LogP contribution is -1.93. The molecule has 6 heteroatoms. The van der Waals surface area contributed by atoms with Crippen LogP contribution in [0.4, 0.5) is 5.69 Å². The number of hydrogen-bond donors (Lipinski definition) is 2. The molecule has 0 atom stereocenters. The number of anilines is 1. The lowest BCUT2D eigenvalue weighted by molar-refractivity contribution is 1.08. The Hall–Kier alpha value is -2.14. The van der Waals surface area contributed by atoms with E-state index in [0.717, 1.165) is 16.6 Å². The molecule has 0 bridgehead atoms. The Balaban J connectivity index is 2.39. The van der Waals surface area contributed by atoms with Crippen molar-refractivity contribution in [1.29, 1.82) is 0 Å². The van der Waals surface area contributed by atoms with E-state index in [2.05, 4.69) is 20.2 Å². The number of halogens is 1. The van der Waals surface area contributed by atoms with E-state index in [0.29, 0.717) is 11.4 Å². The number of nitrogens with two attached hydrogens (primary N) is 1. The van der Waals surface area contributed by atoms with Crippen molar-refractivity contribution in [1.82, 2.24) is 20.2 Å². The van der Waals surface area contributed by atoms with Gasteiger partial charge in [-0.1, -0.05) is 0 Å². The molecule has 0 unspecified atom stereocenters. The number of H-pyrrole nitrogens is 1. The van der Waals surface area contributed by atoms with E-state index < -0.39 is 0 Å². The van der Waals surface area contributed by atoms with Gasteiger partial charge in [0.1, 0.15) is 5.69 Å². The summed E-state index contributed by atoms with van der Waals surface area (Å²) in [4.78, 5) is 8.36. The van der Waals surface area contributed by atoms with Crippen LogP contribution in [0.15, 0.2) is 30.5 Å². The number of fused-ring (bicyclic) bond motifs is 1. The predicted octanol–water partition coefficient (Wildman–Crippen LogP) is 2.26. The van der Waals surface area contributed by atoms with Crippen LogP contribution >= 0.6 is 11.6 Å². The summed E-state index contributed by atoms with van der Waals surface area (Å²) >= 11 is 5.89. The highest BCUT2D eigenvalue weighted by Crippen LogP contribution is 2.27. The van der Waals surface area contributed by atoms with Gasteiger partial charge in [0.25, 0.3) is 0 Å². The highest BCUT2D eigenvalue weighted by atomic mass is 35.5. The summed E-state index contributed by atoms with van der Waals surface area (Å²) in [5, 5.41) is 7.80. The van der Waals surface area contributed by atoms with E-state index in [1.54, 1.807) is 12.3 Å². The maximum absolute atomic E-state index is 5.89. The first-order chi connectivity index (χ1) is 8.24. The zero-order chi connectivity index (χ0) is 11.8. The van der Waals surface area contributed by atoms with Crippen molar-refractivity contribution in [3.05, 3.63) is 35.7 Å². The highest BCUT2D eigenvalue weighted by molar-refractivity contribution is 6.28. The number of aromatic nitrogens is 4. The van der Waals surface area contributed by atoms with Gasteiger partial charge in [0.05, 0.1) is 11.2 Å². The predicted molar refractivity (Wildman–Crippen MR) is 66.5 cm³/mol. The smallest absolute Gasteiger partial charge is 0.223 e. The molecule has 0 aliphatic carbocycles. The van der Waals surface area contributed by atoms with Crippen molar-refractivity contribution in [2.24, 2.45) is 0 Å². The Bertz CT molecular complexity index is 678. The molecule has 3 N–H and O–H groups in total. The molecular formula is C11H8ClN5. The fraction of sp³-hybridized carbons (Fsp3) is 0. The Morgan fingerprint density at radius 3 is 2.82 bits per heavy atom. The van der Waals surface area contributed by atoms with E-state index in [9.17, 15) is 0 Å². The first kappa shape index (κ1) is 10.0. The van der Waals surface area contributed by atoms with E-state index in [1.807, 2.05) is 18.2 Å². The number of nitrogens with one attached hydrogen (secondary N) is 1. The van der Waals surface area contributed by atoms with Crippen LogP contribution in [0.5, 0.6) is 0 Å². The maximum atomic E-state index is 5.89. The number of benzene rings is 1. The van der Waals surface area contributed by atoms with Crippen LogP contribution in [0.2, 0.25) is 5.28 Å². The Kier molecular flexibility index (Phi) is 2.19. The van der Waals surface area contributed by atoms with Crippen molar-refractivity contribution in [3.8, 4) is 11.4 Å². The number of rotatable bonds is 1. The molecule has 0 amide bonds. The largest absolute Gasteiger partial charge is 0.399 e. The second-order valence-electron chi connectivity index (χ2n) is 3.59. The summed E-state index contributed by atoms with van der Waals surface area (Å²) in [7, 11) is 0. The van der Waals surface area contributed by atoms with Crippen molar-refractivity contribution in [2.75, 3.05) is 5.73 Å². The Morgan fingerprint density at radius 2 is 2.06 bits per heavy atom. The van der Waals surface area contributed by atoms with Crippen LogP contribution in [0.3, 0.4) is 0 Å². The number of nitrogen functional groups attached to an aromatic ring is 1. The summed E-state index contributed by atoms with van der Waals surface area (Å²) in [6.07, 6.45) is 1.66. The van der Waals surface area contributed by atoms with Gasteiger partial charge in [0.15, 0.2) is 0 Å². The van der Waals surface area contributed by atoms with E-state index >= 15 is 0 Å². The SMILES string of the molecule is Nc1ccc2nc(Cl)nc(-c3ccn[nH]3)c2c1. The normalized spacial score (nSPS) is 10.9. The zero-order valence-corrected chi connectivity index (χ0v) is 9.44. The van der Waals surface area contributed by atoms with Gasteiger partial charge in [-0.25, -0.2) is 9.97 Å². The van der Waals surface area contributed by atoms with Gasteiger partial charge >= 0.3 is 0 Å². The monoisotopic (exact) mass is 245 g/mol. The third kappa shape index (κ3) is 1.70. The third-order valence-electron chi connectivity index (χ3n) is 2.45. The Morgan fingerprint density at radius 1 is 1.18 bits per heavy atom. The van der Waals surface area contributed by atoms with Crippen LogP contribution in [-0.2, 0) is 0 Å². The summed E-state index contributed by atoms with van der Waals surface area (Å²) in [6, 6.07) is 7.24. The lowest BCUT2D eigenvalue weighted by atomic mass is 10.1. The highest BCUT2D eigenvalue weighted by Gasteiger charge is 2.10. The summed E-state index contributed by atoms with van der Waals surface area (Å²) < 4.78 is 0. The summed E-state index contributed by atoms with van der Waals surface area (Å²) in [5.41, 5.74) is 8.66. The molecule has 0 aliphatic rings. The van der Waals surface area contributed by atoms with E-state index in [1.165, 1.54) is 0 Å². The van der Waals surface area contributed by atoms with Crippen LogP contribution in [-0.4, -0.2) is 20.2 Å². The van der Waals surface area contributed by atoms with Crippen molar-refractivity contribution < 1.29 is 0 Å². The minimum absolute atomic E-state index is 0.201. The minimum atomic E-state index is 0.201. The van der Waals surface area contributed by atoms with Gasteiger partial charge in [-0.05, 0) is 35.9 Å². The third-order valence-corrected chi connectivity index (χ3v) is 2.62. The first-order valence-corrected chi connectivity index (χ1v) is 5.34. The molecule has 3 aromatic rings.